The number of hydrogen-bond acceptors (Lipinski definition) is 3. The number of amides is 2. The topological polar surface area (TPSA) is 80.2 Å². The summed E-state index contributed by atoms with van der Waals surface area (Å²) in [7, 11) is 1.50. The molecule has 2 rings (SSSR count). The van der Waals surface area contributed by atoms with Gasteiger partial charge in [0, 0.05) is 25.4 Å². The summed E-state index contributed by atoms with van der Waals surface area (Å²) in [6.45, 7) is 7.53. The number of hydrogen-bond donors (Lipinski definition) is 2. The van der Waals surface area contributed by atoms with Crippen LogP contribution in [0.2, 0.25) is 0 Å². The van der Waals surface area contributed by atoms with Gasteiger partial charge in [0.05, 0.1) is 16.8 Å². The Kier molecular flexibility index (Phi) is 6.40. The molecule has 1 heterocycles. The van der Waals surface area contributed by atoms with Gasteiger partial charge in [0.2, 0.25) is 0 Å². The number of aryl methyl sites for hydroxylation is 1. The fourth-order valence-corrected chi connectivity index (χ4v) is 3.11. The molecule has 0 bridgehead atoms. The van der Waals surface area contributed by atoms with Crippen molar-refractivity contribution in [3.63, 3.8) is 0 Å². The number of anilines is 1. The first-order valence-corrected chi connectivity index (χ1v) is 9.56. The molecule has 0 aliphatic carbocycles. The van der Waals surface area contributed by atoms with Crippen molar-refractivity contribution in [3.8, 4) is 0 Å². The third-order valence-electron chi connectivity index (χ3n) is 5.52. The van der Waals surface area contributed by atoms with Crippen molar-refractivity contribution >= 4 is 23.3 Å². The Hall–Kier alpha value is -3.10. The van der Waals surface area contributed by atoms with Crippen molar-refractivity contribution in [2.75, 3.05) is 5.32 Å². The van der Waals surface area contributed by atoms with Crippen LogP contribution < -0.4 is 10.6 Å². The number of halogens is 3. The SMILES string of the molecule is Cc1cc(NC(=O)c2c(C)c(C(=O)C(=O)NC(C)(C)C(C)(F)F)n(C)c2C)ccc1F. The number of aromatic nitrogens is 1. The standard InChI is InChI=1S/C22H26F3N3O3/c1-11-10-14(8-9-15(11)23)26-19(30)16-12(2)17(28(7)13(16)3)18(29)20(31)27-21(4,5)22(6,24)25/h8-10H,1-7H3,(H,26,30)(H,27,31). The maximum absolute atomic E-state index is 13.7. The molecule has 1 aromatic heterocycles. The Morgan fingerprint density at radius 2 is 1.61 bits per heavy atom. The van der Waals surface area contributed by atoms with Crippen LogP contribution in [0.4, 0.5) is 18.9 Å². The van der Waals surface area contributed by atoms with E-state index in [4.69, 9.17) is 0 Å². The molecule has 0 unspecified atom stereocenters. The van der Waals surface area contributed by atoms with E-state index in [1.807, 2.05) is 0 Å². The zero-order valence-electron chi connectivity index (χ0n) is 18.5. The summed E-state index contributed by atoms with van der Waals surface area (Å²) in [5.41, 5.74) is -0.505. The van der Waals surface area contributed by atoms with E-state index in [0.717, 1.165) is 13.8 Å². The van der Waals surface area contributed by atoms with Crippen molar-refractivity contribution in [1.29, 1.82) is 0 Å². The number of carbonyl (C=O) groups is 3. The minimum atomic E-state index is -3.26. The van der Waals surface area contributed by atoms with Gasteiger partial charge in [-0.15, -0.1) is 0 Å². The van der Waals surface area contributed by atoms with Gasteiger partial charge in [-0.05, 0) is 63.9 Å². The van der Waals surface area contributed by atoms with Gasteiger partial charge >= 0.3 is 0 Å². The van der Waals surface area contributed by atoms with Crippen LogP contribution in [-0.2, 0) is 11.8 Å². The minimum Gasteiger partial charge on any atom is -0.344 e. The van der Waals surface area contributed by atoms with E-state index in [9.17, 15) is 27.6 Å². The molecule has 0 aliphatic heterocycles. The van der Waals surface area contributed by atoms with Crippen molar-refractivity contribution in [3.05, 3.63) is 52.1 Å². The van der Waals surface area contributed by atoms with Crippen LogP contribution in [-0.4, -0.2) is 33.6 Å². The van der Waals surface area contributed by atoms with Crippen LogP contribution >= 0.6 is 0 Å². The van der Waals surface area contributed by atoms with Crippen LogP contribution in [0.3, 0.4) is 0 Å². The monoisotopic (exact) mass is 437 g/mol. The zero-order chi connectivity index (χ0) is 23.9. The molecule has 0 radical (unpaired) electrons. The number of nitrogens with one attached hydrogen (secondary N) is 2. The van der Waals surface area contributed by atoms with E-state index in [1.165, 1.54) is 36.7 Å². The second kappa shape index (κ2) is 8.20. The Morgan fingerprint density at radius 1 is 1.03 bits per heavy atom. The van der Waals surface area contributed by atoms with Crippen molar-refractivity contribution < 1.29 is 27.6 Å². The smallest absolute Gasteiger partial charge is 0.294 e. The maximum atomic E-state index is 13.7. The predicted octanol–water partition coefficient (Wildman–Crippen LogP) is 4.07. The molecule has 0 fully saturated rings. The third kappa shape index (κ3) is 4.65. The molecule has 0 saturated carbocycles. The molecule has 31 heavy (non-hydrogen) atoms. The summed E-state index contributed by atoms with van der Waals surface area (Å²) in [6, 6.07) is 4.09. The lowest BCUT2D eigenvalue weighted by Gasteiger charge is -2.32. The summed E-state index contributed by atoms with van der Waals surface area (Å²) in [5.74, 6) is -6.45. The largest absolute Gasteiger partial charge is 0.344 e. The average molecular weight is 437 g/mol. The second-order valence-electron chi connectivity index (χ2n) is 8.21. The van der Waals surface area contributed by atoms with E-state index in [-0.39, 0.29) is 16.8 Å². The predicted molar refractivity (Wildman–Crippen MR) is 111 cm³/mol. The van der Waals surface area contributed by atoms with Gasteiger partial charge in [0.1, 0.15) is 5.82 Å². The molecule has 168 valence electrons. The third-order valence-corrected chi connectivity index (χ3v) is 5.52. The first-order chi connectivity index (χ1) is 14.1. The van der Waals surface area contributed by atoms with E-state index in [0.29, 0.717) is 23.9 Å². The van der Waals surface area contributed by atoms with Gasteiger partial charge in [-0.3, -0.25) is 14.4 Å². The van der Waals surface area contributed by atoms with Gasteiger partial charge in [0.25, 0.3) is 23.5 Å². The number of benzene rings is 1. The van der Waals surface area contributed by atoms with Gasteiger partial charge in [-0.2, -0.15) is 0 Å². The summed E-state index contributed by atoms with van der Waals surface area (Å²) in [5, 5.41) is 4.72. The summed E-state index contributed by atoms with van der Waals surface area (Å²) in [4.78, 5) is 38.0. The van der Waals surface area contributed by atoms with Crippen LogP contribution in [0.15, 0.2) is 18.2 Å². The summed E-state index contributed by atoms with van der Waals surface area (Å²) < 4.78 is 42.3. The highest BCUT2D eigenvalue weighted by atomic mass is 19.3. The zero-order valence-corrected chi connectivity index (χ0v) is 18.5. The minimum absolute atomic E-state index is 0.0781. The van der Waals surface area contributed by atoms with Crippen LogP contribution in [0, 0.1) is 26.6 Å². The van der Waals surface area contributed by atoms with Crippen LogP contribution in [0.1, 0.15) is 58.4 Å². The number of carbonyl (C=O) groups excluding carboxylic acids is 3. The van der Waals surface area contributed by atoms with E-state index >= 15 is 0 Å². The lowest BCUT2D eigenvalue weighted by atomic mass is 9.97. The Bertz CT molecular complexity index is 1070. The molecule has 0 saturated heterocycles. The number of rotatable bonds is 6. The second-order valence-corrected chi connectivity index (χ2v) is 8.21. The molecule has 0 atom stereocenters. The summed E-state index contributed by atoms with van der Waals surface area (Å²) in [6.07, 6.45) is 0. The maximum Gasteiger partial charge on any atom is 0.294 e. The van der Waals surface area contributed by atoms with Gasteiger partial charge in [-0.25, -0.2) is 13.2 Å². The summed E-state index contributed by atoms with van der Waals surface area (Å²) >= 11 is 0. The quantitative estimate of drug-likeness (QED) is 0.528. The highest BCUT2D eigenvalue weighted by Crippen LogP contribution is 2.28. The average Bonchev–Trinajstić information content (AvgIpc) is 2.85. The Balaban J connectivity index is 2.36. The molecule has 2 N–H and O–H groups in total. The molecule has 1 aromatic carbocycles. The lowest BCUT2D eigenvalue weighted by molar-refractivity contribution is -0.125. The fourth-order valence-electron chi connectivity index (χ4n) is 3.11. The number of nitrogens with zero attached hydrogens (tertiary/aromatic N) is 1. The van der Waals surface area contributed by atoms with Crippen molar-refractivity contribution in [2.45, 2.75) is 53.0 Å². The normalized spacial score (nSPS) is 11.9. The molecule has 0 aliphatic rings. The number of alkyl halides is 2. The Labute approximate surface area is 178 Å². The van der Waals surface area contributed by atoms with Gasteiger partial charge < -0.3 is 15.2 Å². The number of ketones is 1. The molecular formula is C22H26F3N3O3. The highest BCUT2D eigenvalue weighted by Gasteiger charge is 2.44. The first-order valence-electron chi connectivity index (χ1n) is 9.56. The van der Waals surface area contributed by atoms with Gasteiger partial charge in [-0.1, -0.05) is 0 Å². The lowest BCUT2D eigenvalue weighted by Crippen LogP contribution is -2.56. The van der Waals surface area contributed by atoms with E-state index in [2.05, 4.69) is 10.6 Å². The highest BCUT2D eigenvalue weighted by molar-refractivity contribution is 6.43. The van der Waals surface area contributed by atoms with Crippen molar-refractivity contribution in [2.24, 2.45) is 7.05 Å². The van der Waals surface area contributed by atoms with E-state index < -0.39 is 34.9 Å². The molecule has 9 heteroatoms. The number of Topliss-reactive ketones (excluding diaryl/α,β-unsaturated/α-hetero) is 1. The fraction of sp³-hybridized carbons (Fsp3) is 0.409. The van der Waals surface area contributed by atoms with Crippen LogP contribution in [0.25, 0.3) is 0 Å². The molecular weight excluding hydrogens is 411 g/mol. The van der Waals surface area contributed by atoms with Crippen LogP contribution in [0.5, 0.6) is 0 Å². The molecule has 2 amide bonds. The van der Waals surface area contributed by atoms with Gasteiger partial charge in [0.15, 0.2) is 0 Å². The first kappa shape index (κ1) is 24.2. The molecule has 6 nitrogen and oxygen atoms in total. The molecule has 2 aromatic rings. The molecule has 0 spiro atoms. The van der Waals surface area contributed by atoms with E-state index in [1.54, 1.807) is 13.8 Å². The van der Waals surface area contributed by atoms with Crippen molar-refractivity contribution in [1.82, 2.24) is 9.88 Å². The Morgan fingerprint density at radius 3 is 2.13 bits per heavy atom.